The second kappa shape index (κ2) is 4.51. The highest BCUT2D eigenvalue weighted by atomic mass is 19.1. The van der Waals surface area contributed by atoms with Crippen molar-refractivity contribution in [3.63, 3.8) is 0 Å². The number of para-hydroxylation sites is 1. The van der Waals surface area contributed by atoms with E-state index in [0.717, 1.165) is 12.8 Å². The number of carboxylic acid groups (broad SMARTS) is 1. The second-order valence-corrected chi connectivity index (χ2v) is 3.95. The normalized spacial score (nSPS) is 16.8. The number of carboxylic acids is 1. The van der Waals surface area contributed by atoms with Crippen LogP contribution in [0, 0.1) is 5.92 Å². The van der Waals surface area contributed by atoms with Crippen molar-refractivity contribution in [3.05, 3.63) is 29.8 Å². The summed E-state index contributed by atoms with van der Waals surface area (Å²) < 4.78 is 18.1. The van der Waals surface area contributed by atoms with Crippen LogP contribution in [0.1, 0.15) is 23.2 Å². The first-order valence-corrected chi connectivity index (χ1v) is 5.27. The van der Waals surface area contributed by atoms with Gasteiger partial charge >= 0.3 is 5.97 Å². The first-order valence-electron chi connectivity index (χ1n) is 5.27. The Morgan fingerprint density at radius 1 is 1.50 bits per heavy atom. The number of hydrogen-bond donors (Lipinski definition) is 1. The van der Waals surface area contributed by atoms with Gasteiger partial charge in [0.25, 0.3) is 0 Å². The minimum absolute atomic E-state index is 0.0848. The van der Waals surface area contributed by atoms with E-state index < -0.39 is 18.7 Å². The third-order valence-electron chi connectivity index (χ3n) is 2.70. The Labute approximate surface area is 92.9 Å². The van der Waals surface area contributed by atoms with E-state index in [1.807, 2.05) is 0 Å². The van der Waals surface area contributed by atoms with Crippen LogP contribution in [0.4, 0.5) is 4.39 Å². The number of benzene rings is 1. The molecule has 3 nitrogen and oxygen atoms in total. The van der Waals surface area contributed by atoms with Crippen molar-refractivity contribution in [1.29, 1.82) is 0 Å². The summed E-state index contributed by atoms with van der Waals surface area (Å²) in [6.45, 7) is -0.571. The van der Waals surface area contributed by atoms with Crippen molar-refractivity contribution < 1.29 is 19.0 Å². The molecule has 1 fully saturated rings. The van der Waals surface area contributed by atoms with Crippen molar-refractivity contribution in [2.45, 2.75) is 18.9 Å². The van der Waals surface area contributed by atoms with Crippen LogP contribution in [-0.4, -0.2) is 23.9 Å². The zero-order valence-electron chi connectivity index (χ0n) is 8.73. The molecule has 1 N–H and O–H groups in total. The van der Waals surface area contributed by atoms with Gasteiger partial charge in [-0.2, -0.15) is 0 Å². The Hall–Kier alpha value is -1.58. The van der Waals surface area contributed by atoms with Gasteiger partial charge in [-0.15, -0.1) is 0 Å². The lowest BCUT2D eigenvalue weighted by Gasteiger charge is -2.16. The van der Waals surface area contributed by atoms with Crippen molar-refractivity contribution >= 4 is 5.97 Å². The van der Waals surface area contributed by atoms with Crippen molar-refractivity contribution in [1.82, 2.24) is 0 Å². The molecule has 0 amide bonds. The highest BCUT2D eigenvalue weighted by molar-refractivity contribution is 5.90. The van der Waals surface area contributed by atoms with Gasteiger partial charge in [-0.05, 0) is 30.9 Å². The van der Waals surface area contributed by atoms with Gasteiger partial charge < -0.3 is 9.84 Å². The summed E-state index contributed by atoms with van der Waals surface area (Å²) in [4.78, 5) is 10.9. The number of alkyl halides is 1. The summed E-state index contributed by atoms with van der Waals surface area (Å²) in [5, 5.41) is 8.93. The molecule has 4 heteroatoms. The lowest BCUT2D eigenvalue weighted by atomic mass is 10.2. The lowest BCUT2D eigenvalue weighted by Crippen LogP contribution is -2.22. The zero-order valence-corrected chi connectivity index (χ0v) is 8.73. The summed E-state index contributed by atoms with van der Waals surface area (Å²) in [6.07, 6.45) is 1.42. The van der Waals surface area contributed by atoms with Crippen molar-refractivity contribution in [3.8, 4) is 5.75 Å². The fraction of sp³-hybridized carbons (Fsp3) is 0.417. The molecule has 1 aliphatic rings. The van der Waals surface area contributed by atoms with Crippen LogP contribution in [0.2, 0.25) is 0 Å². The topological polar surface area (TPSA) is 46.5 Å². The van der Waals surface area contributed by atoms with Gasteiger partial charge in [0, 0.05) is 0 Å². The number of halogens is 1. The first kappa shape index (κ1) is 10.9. The van der Waals surface area contributed by atoms with Crippen molar-refractivity contribution in [2.75, 3.05) is 6.67 Å². The van der Waals surface area contributed by atoms with E-state index in [0.29, 0.717) is 0 Å². The summed E-state index contributed by atoms with van der Waals surface area (Å²) in [5.74, 6) is -0.555. The fourth-order valence-corrected chi connectivity index (χ4v) is 1.63. The van der Waals surface area contributed by atoms with Gasteiger partial charge in [0.2, 0.25) is 0 Å². The molecule has 16 heavy (non-hydrogen) atoms. The molecular formula is C12H13FO3. The number of aromatic carboxylic acids is 1. The van der Waals surface area contributed by atoms with Crippen LogP contribution in [-0.2, 0) is 0 Å². The maximum Gasteiger partial charge on any atom is 0.339 e. The minimum atomic E-state index is -1.05. The molecular weight excluding hydrogens is 211 g/mol. The highest BCUT2D eigenvalue weighted by Gasteiger charge is 2.33. The quantitative estimate of drug-likeness (QED) is 0.835. The lowest BCUT2D eigenvalue weighted by molar-refractivity contribution is 0.0684. The average molecular weight is 224 g/mol. The molecule has 1 aliphatic carbocycles. The fourth-order valence-electron chi connectivity index (χ4n) is 1.63. The smallest absolute Gasteiger partial charge is 0.339 e. The van der Waals surface area contributed by atoms with E-state index in [1.54, 1.807) is 18.2 Å². The maximum atomic E-state index is 12.7. The standard InChI is InChI=1S/C12H13FO3/c13-7-11(8-5-6-8)16-10-4-2-1-3-9(10)12(14)15/h1-4,8,11H,5-7H2,(H,14,15). The van der Waals surface area contributed by atoms with Crippen LogP contribution < -0.4 is 4.74 Å². The van der Waals surface area contributed by atoms with Crippen LogP contribution in [0.3, 0.4) is 0 Å². The van der Waals surface area contributed by atoms with Crippen LogP contribution in [0.5, 0.6) is 5.75 Å². The minimum Gasteiger partial charge on any atom is -0.487 e. The van der Waals surface area contributed by atoms with E-state index in [4.69, 9.17) is 9.84 Å². The van der Waals surface area contributed by atoms with Gasteiger partial charge in [-0.1, -0.05) is 12.1 Å². The molecule has 0 aliphatic heterocycles. The van der Waals surface area contributed by atoms with Crippen LogP contribution in [0.15, 0.2) is 24.3 Å². The average Bonchev–Trinajstić information content (AvgIpc) is 3.10. The molecule has 86 valence electrons. The van der Waals surface area contributed by atoms with E-state index in [-0.39, 0.29) is 17.2 Å². The maximum absolute atomic E-state index is 12.7. The number of hydrogen-bond acceptors (Lipinski definition) is 2. The second-order valence-electron chi connectivity index (χ2n) is 3.95. The number of carbonyl (C=O) groups is 1. The monoisotopic (exact) mass is 224 g/mol. The Kier molecular flexibility index (Phi) is 3.08. The molecule has 1 unspecified atom stereocenters. The van der Waals surface area contributed by atoms with Gasteiger partial charge in [-0.3, -0.25) is 0 Å². The van der Waals surface area contributed by atoms with Gasteiger partial charge in [0.15, 0.2) is 0 Å². The number of ether oxygens (including phenoxy) is 1. The van der Waals surface area contributed by atoms with Gasteiger partial charge in [0.1, 0.15) is 24.1 Å². The number of rotatable bonds is 5. The summed E-state index contributed by atoms with van der Waals surface area (Å²) in [6, 6.07) is 6.33. The summed E-state index contributed by atoms with van der Waals surface area (Å²) in [7, 11) is 0. The van der Waals surface area contributed by atoms with Crippen LogP contribution in [0.25, 0.3) is 0 Å². The largest absolute Gasteiger partial charge is 0.487 e. The Morgan fingerprint density at radius 2 is 2.19 bits per heavy atom. The molecule has 0 heterocycles. The first-order chi connectivity index (χ1) is 7.72. The predicted octanol–water partition coefficient (Wildman–Crippen LogP) is 2.51. The Balaban J connectivity index is 2.15. The third kappa shape index (κ3) is 2.32. The van der Waals surface area contributed by atoms with Gasteiger partial charge in [-0.25, -0.2) is 9.18 Å². The van der Waals surface area contributed by atoms with Crippen LogP contribution >= 0.6 is 0 Å². The Bertz CT molecular complexity index is 388. The molecule has 1 atom stereocenters. The molecule has 1 aromatic carbocycles. The third-order valence-corrected chi connectivity index (χ3v) is 2.70. The molecule has 0 aromatic heterocycles. The predicted molar refractivity (Wildman–Crippen MR) is 56.5 cm³/mol. The van der Waals surface area contributed by atoms with Crippen molar-refractivity contribution in [2.24, 2.45) is 5.92 Å². The molecule has 1 aromatic rings. The molecule has 0 spiro atoms. The van der Waals surface area contributed by atoms with E-state index >= 15 is 0 Å². The summed E-state index contributed by atoms with van der Waals surface area (Å²) in [5.41, 5.74) is 0.0848. The highest BCUT2D eigenvalue weighted by Crippen LogP contribution is 2.35. The molecule has 0 bridgehead atoms. The molecule has 0 radical (unpaired) electrons. The van der Waals surface area contributed by atoms with Gasteiger partial charge in [0.05, 0.1) is 0 Å². The van der Waals surface area contributed by atoms with E-state index in [1.165, 1.54) is 6.07 Å². The summed E-state index contributed by atoms with van der Waals surface area (Å²) >= 11 is 0. The molecule has 2 rings (SSSR count). The molecule has 1 saturated carbocycles. The SMILES string of the molecule is O=C(O)c1ccccc1OC(CF)C1CC1. The van der Waals surface area contributed by atoms with E-state index in [2.05, 4.69) is 0 Å². The zero-order chi connectivity index (χ0) is 11.5. The van der Waals surface area contributed by atoms with E-state index in [9.17, 15) is 9.18 Å². The Morgan fingerprint density at radius 3 is 2.75 bits per heavy atom. The molecule has 0 saturated heterocycles.